The van der Waals surface area contributed by atoms with Gasteiger partial charge in [0.1, 0.15) is 0 Å². The molecule has 0 saturated carbocycles. The molecule has 0 saturated heterocycles. The first-order chi connectivity index (χ1) is 6.29. The van der Waals surface area contributed by atoms with Crippen LogP contribution >= 0.6 is 0 Å². The van der Waals surface area contributed by atoms with Crippen LogP contribution in [0.4, 0.5) is 4.79 Å². The monoisotopic (exact) mass is 177 g/mol. The number of rotatable bonds is 3. The molecule has 0 bridgehead atoms. The van der Waals surface area contributed by atoms with Gasteiger partial charge in [0.15, 0.2) is 0 Å². The lowest BCUT2D eigenvalue weighted by atomic mass is 10.1. The standard InChI is InChI=1S/C10H11NO2/c12-10(13)11-8-4-7-9-5-2-1-3-6-9/h1-6,8,11H,7H2,(H,12,13)/b8-4+. The highest BCUT2D eigenvalue weighted by Gasteiger charge is 1.87. The van der Waals surface area contributed by atoms with Crippen molar-refractivity contribution in [3.05, 3.63) is 48.2 Å². The quantitative estimate of drug-likeness (QED) is 0.742. The van der Waals surface area contributed by atoms with Crippen molar-refractivity contribution in [3.8, 4) is 0 Å². The summed E-state index contributed by atoms with van der Waals surface area (Å²) in [4.78, 5) is 10.0. The van der Waals surface area contributed by atoms with Gasteiger partial charge in [0, 0.05) is 6.20 Å². The Hall–Kier alpha value is -1.77. The van der Waals surface area contributed by atoms with E-state index in [1.165, 1.54) is 6.20 Å². The topological polar surface area (TPSA) is 49.3 Å². The summed E-state index contributed by atoms with van der Waals surface area (Å²) >= 11 is 0. The van der Waals surface area contributed by atoms with E-state index >= 15 is 0 Å². The molecule has 0 unspecified atom stereocenters. The minimum atomic E-state index is -1.04. The summed E-state index contributed by atoms with van der Waals surface area (Å²) in [6.45, 7) is 0. The molecule has 0 aliphatic heterocycles. The smallest absolute Gasteiger partial charge is 0.408 e. The Morgan fingerprint density at radius 3 is 2.69 bits per heavy atom. The number of hydrogen-bond acceptors (Lipinski definition) is 1. The maximum Gasteiger partial charge on any atom is 0.408 e. The summed E-state index contributed by atoms with van der Waals surface area (Å²) in [5.41, 5.74) is 1.16. The second-order valence-electron chi connectivity index (χ2n) is 2.54. The average Bonchev–Trinajstić information content (AvgIpc) is 2.14. The van der Waals surface area contributed by atoms with E-state index < -0.39 is 6.09 Å². The van der Waals surface area contributed by atoms with Gasteiger partial charge in [0.25, 0.3) is 0 Å². The predicted octanol–water partition coefficient (Wildman–Crippen LogP) is 2.01. The van der Waals surface area contributed by atoms with E-state index in [0.717, 1.165) is 12.0 Å². The molecule has 13 heavy (non-hydrogen) atoms. The molecule has 0 heterocycles. The van der Waals surface area contributed by atoms with Crippen LogP contribution in [0.1, 0.15) is 5.56 Å². The second kappa shape index (κ2) is 4.98. The normalized spacial score (nSPS) is 10.2. The first-order valence-electron chi connectivity index (χ1n) is 3.97. The Morgan fingerprint density at radius 2 is 2.08 bits per heavy atom. The average molecular weight is 177 g/mol. The molecule has 1 amide bonds. The molecule has 1 aromatic rings. The summed E-state index contributed by atoms with van der Waals surface area (Å²) in [5, 5.41) is 10.4. The second-order valence-corrected chi connectivity index (χ2v) is 2.54. The van der Waals surface area contributed by atoms with Crippen molar-refractivity contribution in [2.75, 3.05) is 0 Å². The number of allylic oxidation sites excluding steroid dienone is 1. The van der Waals surface area contributed by atoms with Crippen molar-refractivity contribution >= 4 is 6.09 Å². The number of nitrogens with one attached hydrogen (secondary N) is 1. The summed E-state index contributed by atoms with van der Waals surface area (Å²) in [5.74, 6) is 0. The van der Waals surface area contributed by atoms with E-state index in [4.69, 9.17) is 5.11 Å². The minimum absolute atomic E-state index is 0.737. The molecular weight excluding hydrogens is 166 g/mol. The molecule has 2 N–H and O–H groups in total. The van der Waals surface area contributed by atoms with Crippen LogP contribution in [0.5, 0.6) is 0 Å². The van der Waals surface area contributed by atoms with Crippen LogP contribution in [0.3, 0.4) is 0 Å². The van der Waals surface area contributed by atoms with Gasteiger partial charge in [-0.05, 0) is 12.0 Å². The number of carboxylic acid groups (broad SMARTS) is 1. The van der Waals surface area contributed by atoms with Crippen LogP contribution in [-0.4, -0.2) is 11.2 Å². The van der Waals surface area contributed by atoms with Crippen molar-refractivity contribution in [3.63, 3.8) is 0 Å². The van der Waals surface area contributed by atoms with Gasteiger partial charge in [-0.2, -0.15) is 0 Å². The third-order valence-electron chi connectivity index (χ3n) is 1.52. The number of benzene rings is 1. The summed E-state index contributed by atoms with van der Waals surface area (Å²) < 4.78 is 0. The zero-order chi connectivity index (χ0) is 9.52. The van der Waals surface area contributed by atoms with Crippen LogP contribution in [0, 0.1) is 0 Å². The number of amides is 1. The van der Waals surface area contributed by atoms with Crippen molar-refractivity contribution < 1.29 is 9.90 Å². The van der Waals surface area contributed by atoms with Gasteiger partial charge in [-0.15, -0.1) is 0 Å². The molecule has 0 atom stereocenters. The van der Waals surface area contributed by atoms with Crippen LogP contribution < -0.4 is 5.32 Å². The fraction of sp³-hybridized carbons (Fsp3) is 0.100. The highest BCUT2D eigenvalue weighted by Crippen LogP contribution is 1.99. The Morgan fingerprint density at radius 1 is 1.38 bits per heavy atom. The van der Waals surface area contributed by atoms with Crippen LogP contribution in [-0.2, 0) is 6.42 Å². The van der Waals surface area contributed by atoms with E-state index in [9.17, 15) is 4.79 Å². The molecule has 1 aromatic carbocycles. The molecule has 0 fully saturated rings. The van der Waals surface area contributed by atoms with Crippen LogP contribution in [0.25, 0.3) is 0 Å². The Bertz CT molecular complexity index is 293. The van der Waals surface area contributed by atoms with Gasteiger partial charge in [0.05, 0.1) is 0 Å². The first kappa shape index (κ1) is 9.32. The highest BCUT2D eigenvalue weighted by molar-refractivity contribution is 5.65. The maximum atomic E-state index is 10.0. The van der Waals surface area contributed by atoms with Crippen LogP contribution in [0.15, 0.2) is 42.6 Å². The fourth-order valence-corrected chi connectivity index (χ4v) is 0.939. The van der Waals surface area contributed by atoms with Gasteiger partial charge >= 0.3 is 6.09 Å². The number of hydrogen-bond donors (Lipinski definition) is 2. The lowest BCUT2D eigenvalue weighted by Gasteiger charge is -1.94. The first-order valence-corrected chi connectivity index (χ1v) is 3.97. The summed E-state index contributed by atoms with van der Waals surface area (Å²) in [6, 6.07) is 9.83. The molecule has 0 aliphatic carbocycles. The molecule has 3 heteroatoms. The van der Waals surface area contributed by atoms with Gasteiger partial charge in [-0.25, -0.2) is 4.79 Å². The Labute approximate surface area is 76.7 Å². The van der Waals surface area contributed by atoms with Crippen molar-refractivity contribution in [1.29, 1.82) is 0 Å². The zero-order valence-electron chi connectivity index (χ0n) is 7.10. The maximum absolute atomic E-state index is 10.0. The zero-order valence-corrected chi connectivity index (χ0v) is 7.10. The van der Waals surface area contributed by atoms with E-state index in [-0.39, 0.29) is 0 Å². The summed E-state index contributed by atoms with van der Waals surface area (Å²) in [6.07, 6.45) is 2.89. The molecule has 3 nitrogen and oxygen atoms in total. The minimum Gasteiger partial charge on any atom is -0.465 e. The van der Waals surface area contributed by atoms with E-state index in [2.05, 4.69) is 5.32 Å². The lowest BCUT2D eigenvalue weighted by Crippen LogP contribution is -2.12. The third kappa shape index (κ3) is 3.96. The van der Waals surface area contributed by atoms with E-state index in [1.54, 1.807) is 6.08 Å². The molecule has 68 valence electrons. The summed E-state index contributed by atoms with van der Waals surface area (Å²) in [7, 11) is 0. The highest BCUT2D eigenvalue weighted by atomic mass is 16.4. The SMILES string of the molecule is O=C(O)N/C=C/Cc1ccccc1. The van der Waals surface area contributed by atoms with Crippen molar-refractivity contribution in [1.82, 2.24) is 5.32 Å². The molecule has 1 rings (SSSR count). The van der Waals surface area contributed by atoms with Gasteiger partial charge in [-0.3, -0.25) is 5.32 Å². The molecule has 0 radical (unpaired) electrons. The molecule has 0 spiro atoms. The predicted molar refractivity (Wildman–Crippen MR) is 50.4 cm³/mol. The third-order valence-corrected chi connectivity index (χ3v) is 1.52. The fourth-order valence-electron chi connectivity index (χ4n) is 0.939. The molecule has 0 aliphatic rings. The Balaban J connectivity index is 2.35. The molecule has 0 aromatic heterocycles. The van der Waals surface area contributed by atoms with Gasteiger partial charge < -0.3 is 5.11 Å². The van der Waals surface area contributed by atoms with Crippen molar-refractivity contribution in [2.24, 2.45) is 0 Å². The lowest BCUT2D eigenvalue weighted by molar-refractivity contribution is 0.198. The van der Waals surface area contributed by atoms with E-state index in [1.807, 2.05) is 30.3 Å². The van der Waals surface area contributed by atoms with Gasteiger partial charge in [0.2, 0.25) is 0 Å². The molecular formula is C10H11NO2. The largest absolute Gasteiger partial charge is 0.465 e. The van der Waals surface area contributed by atoms with Crippen LogP contribution in [0.2, 0.25) is 0 Å². The number of carbonyl (C=O) groups is 1. The van der Waals surface area contributed by atoms with Gasteiger partial charge in [-0.1, -0.05) is 36.4 Å². The van der Waals surface area contributed by atoms with E-state index in [0.29, 0.717) is 0 Å². The Kier molecular flexibility index (Phi) is 3.57. The van der Waals surface area contributed by atoms with Crippen molar-refractivity contribution in [2.45, 2.75) is 6.42 Å².